The summed E-state index contributed by atoms with van der Waals surface area (Å²) in [6.45, 7) is 8.53. The first-order chi connectivity index (χ1) is 9.08. The molecule has 5 nitrogen and oxygen atoms in total. The van der Waals surface area contributed by atoms with Crippen LogP contribution in [-0.4, -0.2) is 25.7 Å². The maximum absolute atomic E-state index is 12.6. The number of hydrogen-bond donors (Lipinski definition) is 3. The summed E-state index contributed by atoms with van der Waals surface area (Å²) < 4.78 is 27.8. The number of rotatable bonds is 5. The summed E-state index contributed by atoms with van der Waals surface area (Å²) in [7, 11) is -3.73. The van der Waals surface area contributed by atoms with Gasteiger partial charge >= 0.3 is 0 Å². The van der Waals surface area contributed by atoms with Crippen molar-refractivity contribution in [3.63, 3.8) is 0 Å². The minimum atomic E-state index is -3.73. The highest BCUT2D eigenvalue weighted by Crippen LogP contribution is 2.29. The van der Waals surface area contributed by atoms with E-state index in [0.29, 0.717) is 23.2 Å². The van der Waals surface area contributed by atoms with Gasteiger partial charge in [-0.1, -0.05) is 13.0 Å². The van der Waals surface area contributed by atoms with Gasteiger partial charge in [-0.3, -0.25) is 0 Å². The lowest BCUT2D eigenvalue weighted by molar-refractivity contribution is 0.191. The summed E-state index contributed by atoms with van der Waals surface area (Å²) in [5.41, 5.74) is 7.60. The summed E-state index contributed by atoms with van der Waals surface area (Å²) in [4.78, 5) is 0.203. The normalized spacial score (nSPS) is 15.1. The predicted octanol–water partition coefficient (Wildman–Crippen LogP) is 1.63. The average molecular weight is 300 g/mol. The van der Waals surface area contributed by atoms with Gasteiger partial charge in [-0.25, -0.2) is 13.1 Å². The van der Waals surface area contributed by atoms with E-state index in [-0.39, 0.29) is 11.5 Å². The third kappa shape index (κ3) is 3.13. The van der Waals surface area contributed by atoms with E-state index in [4.69, 9.17) is 5.73 Å². The third-order valence-corrected chi connectivity index (χ3v) is 5.67. The van der Waals surface area contributed by atoms with E-state index in [2.05, 4.69) is 4.72 Å². The Balaban J connectivity index is 3.41. The van der Waals surface area contributed by atoms with Crippen molar-refractivity contribution in [3.05, 3.63) is 22.8 Å². The van der Waals surface area contributed by atoms with Gasteiger partial charge in [0.25, 0.3) is 0 Å². The zero-order chi connectivity index (χ0) is 15.7. The van der Waals surface area contributed by atoms with Crippen LogP contribution in [0.2, 0.25) is 0 Å². The first-order valence-corrected chi connectivity index (χ1v) is 8.07. The highest BCUT2D eigenvalue weighted by atomic mass is 32.2. The van der Waals surface area contributed by atoms with Crippen molar-refractivity contribution in [2.75, 3.05) is 12.3 Å². The van der Waals surface area contributed by atoms with E-state index >= 15 is 0 Å². The van der Waals surface area contributed by atoms with E-state index in [1.165, 1.54) is 0 Å². The molecular formula is C14H24N2O3S. The van der Waals surface area contributed by atoms with Crippen molar-refractivity contribution in [2.24, 2.45) is 0 Å². The van der Waals surface area contributed by atoms with Crippen LogP contribution in [0, 0.1) is 20.8 Å². The Morgan fingerprint density at radius 3 is 2.30 bits per heavy atom. The van der Waals surface area contributed by atoms with Crippen LogP contribution >= 0.6 is 0 Å². The zero-order valence-corrected chi connectivity index (χ0v) is 13.6. The van der Waals surface area contributed by atoms with Gasteiger partial charge in [0, 0.05) is 5.69 Å². The molecule has 114 valence electrons. The molecule has 20 heavy (non-hydrogen) atoms. The Morgan fingerprint density at radius 1 is 1.30 bits per heavy atom. The molecule has 1 aromatic rings. The van der Waals surface area contributed by atoms with Crippen LogP contribution in [0.15, 0.2) is 11.0 Å². The number of nitrogens with one attached hydrogen (secondary N) is 1. The molecule has 0 aromatic heterocycles. The Hall–Kier alpha value is -1.11. The van der Waals surface area contributed by atoms with Crippen molar-refractivity contribution in [2.45, 2.75) is 51.5 Å². The minimum Gasteiger partial charge on any atom is -0.398 e. The molecule has 0 fully saturated rings. The molecule has 0 radical (unpaired) electrons. The molecular weight excluding hydrogens is 276 g/mol. The van der Waals surface area contributed by atoms with Gasteiger partial charge in [0.15, 0.2) is 0 Å². The number of nitrogens with two attached hydrogens (primary N) is 1. The number of hydrogen-bond acceptors (Lipinski definition) is 4. The monoisotopic (exact) mass is 300 g/mol. The second-order valence-corrected chi connectivity index (χ2v) is 7.18. The van der Waals surface area contributed by atoms with Crippen LogP contribution in [-0.2, 0) is 10.0 Å². The molecule has 0 aliphatic heterocycles. The fourth-order valence-electron chi connectivity index (χ4n) is 2.19. The highest BCUT2D eigenvalue weighted by molar-refractivity contribution is 7.89. The molecule has 6 heteroatoms. The van der Waals surface area contributed by atoms with Gasteiger partial charge in [0.1, 0.15) is 0 Å². The molecule has 0 heterocycles. The molecule has 0 aliphatic rings. The number of sulfonamides is 1. The first kappa shape index (κ1) is 16.9. The van der Waals surface area contributed by atoms with Crippen molar-refractivity contribution >= 4 is 15.7 Å². The number of nitrogen functional groups attached to an aromatic ring is 1. The SMILES string of the molecule is CCC(C)(CO)NS(=O)(=O)c1c(C)cc(C)c(N)c1C. The molecule has 0 saturated carbocycles. The lowest BCUT2D eigenvalue weighted by Crippen LogP contribution is -2.48. The Bertz CT molecular complexity index is 605. The number of anilines is 1. The van der Waals surface area contributed by atoms with Gasteiger partial charge < -0.3 is 10.8 Å². The molecule has 4 N–H and O–H groups in total. The Kier molecular flexibility index (Phi) is 4.84. The lowest BCUT2D eigenvalue weighted by Gasteiger charge is -2.28. The molecule has 0 saturated heterocycles. The van der Waals surface area contributed by atoms with E-state index in [9.17, 15) is 13.5 Å². The molecule has 1 atom stereocenters. The summed E-state index contributed by atoms with van der Waals surface area (Å²) in [6, 6.07) is 1.76. The Labute approximate surface area is 121 Å². The summed E-state index contributed by atoms with van der Waals surface area (Å²) in [6.07, 6.45) is 0.488. The third-order valence-electron chi connectivity index (χ3n) is 3.74. The number of aryl methyl sites for hydroxylation is 2. The van der Waals surface area contributed by atoms with Gasteiger partial charge in [-0.05, 0) is 50.8 Å². The zero-order valence-electron chi connectivity index (χ0n) is 12.7. The van der Waals surface area contributed by atoms with Crippen molar-refractivity contribution in [1.29, 1.82) is 0 Å². The van der Waals surface area contributed by atoms with Crippen molar-refractivity contribution < 1.29 is 13.5 Å². The molecule has 1 aromatic carbocycles. The van der Waals surface area contributed by atoms with Crippen molar-refractivity contribution in [1.82, 2.24) is 4.72 Å². The largest absolute Gasteiger partial charge is 0.398 e. The summed E-state index contributed by atoms with van der Waals surface area (Å²) >= 11 is 0. The lowest BCUT2D eigenvalue weighted by atomic mass is 10.0. The molecule has 0 spiro atoms. The Morgan fingerprint density at radius 2 is 1.85 bits per heavy atom. The van der Waals surface area contributed by atoms with Crippen LogP contribution in [0.3, 0.4) is 0 Å². The quantitative estimate of drug-likeness (QED) is 0.721. The topological polar surface area (TPSA) is 92.4 Å². The molecule has 0 amide bonds. The first-order valence-electron chi connectivity index (χ1n) is 6.59. The van der Waals surface area contributed by atoms with Crippen LogP contribution in [0.4, 0.5) is 5.69 Å². The van der Waals surface area contributed by atoms with Crippen LogP contribution < -0.4 is 10.5 Å². The van der Waals surface area contributed by atoms with Crippen LogP contribution in [0.1, 0.15) is 37.0 Å². The summed E-state index contributed by atoms with van der Waals surface area (Å²) in [5.74, 6) is 0. The minimum absolute atomic E-state index is 0.203. The van der Waals surface area contributed by atoms with Crippen LogP contribution in [0.5, 0.6) is 0 Å². The van der Waals surface area contributed by atoms with Gasteiger partial charge in [-0.15, -0.1) is 0 Å². The average Bonchev–Trinajstić information content (AvgIpc) is 2.35. The number of aliphatic hydroxyl groups is 1. The van der Waals surface area contributed by atoms with E-state index < -0.39 is 15.6 Å². The molecule has 1 unspecified atom stereocenters. The van der Waals surface area contributed by atoms with E-state index in [0.717, 1.165) is 5.56 Å². The van der Waals surface area contributed by atoms with Gasteiger partial charge in [0.2, 0.25) is 10.0 Å². The second kappa shape index (κ2) is 5.71. The van der Waals surface area contributed by atoms with Crippen LogP contribution in [0.25, 0.3) is 0 Å². The smallest absolute Gasteiger partial charge is 0.241 e. The highest BCUT2D eigenvalue weighted by Gasteiger charge is 2.31. The predicted molar refractivity (Wildman–Crippen MR) is 81.2 cm³/mol. The van der Waals surface area contributed by atoms with E-state index in [1.54, 1.807) is 26.8 Å². The number of aliphatic hydroxyl groups excluding tert-OH is 1. The van der Waals surface area contributed by atoms with Gasteiger partial charge in [0.05, 0.1) is 17.0 Å². The molecule has 0 bridgehead atoms. The fraction of sp³-hybridized carbons (Fsp3) is 0.571. The maximum atomic E-state index is 12.6. The fourth-order valence-corrected chi connectivity index (χ4v) is 4.14. The number of benzene rings is 1. The molecule has 0 aliphatic carbocycles. The van der Waals surface area contributed by atoms with E-state index in [1.807, 2.05) is 13.8 Å². The van der Waals surface area contributed by atoms with Gasteiger partial charge in [-0.2, -0.15) is 0 Å². The standard InChI is InChI=1S/C14H24N2O3S/c1-6-14(5,8-17)16-20(18,19)13-10(3)7-9(2)12(15)11(13)4/h7,16-17H,6,8,15H2,1-5H3. The van der Waals surface area contributed by atoms with Crippen molar-refractivity contribution in [3.8, 4) is 0 Å². The second-order valence-electron chi connectivity index (χ2n) is 5.56. The summed E-state index contributed by atoms with van der Waals surface area (Å²) in [5, 5.41) is 9.38. The maximum Gasteiger partial charge on any atom is 0.241 e. The molecule has 1 rings (SSSR count).